The van der Waals surface area contributed by atoms with E-state index in [0.717, 1.165) is 5.56 Å². The number of hydrogen-bond acceptors (Lipinski definition) is 1. The molecule has 0 amide bonds. The Labute approximate surface area is 209 Å². The van der Waals surface area contributed by atoms with Crippen molar-refractivity contribution >= 4 is 45.6 Å². The summed E-state index contributed by atoms with van der Waals surface area (Å²) in [6, 6.07) is 17.2. The minimum Gasteiger partial charge on any atom is -0.380 e. The summed E-state index contributed by atoms with van der Waals surface area (Å²) in [5.74, 6) is 0. The van der Waals surface area contributed by atoms with E-state index in [1.807, 2.05) is 62.4 Å². The van der Waals surface area contributed by atoms with Crippen LogP contribution in [0.2, 0.25) is 5.02 Å². The van der Waals surface area contributed by atoms with Gasteiger partial charge in [0.05, 0.1) is 10.5 Å². The van der Waals surface area contributed by atoms with Crippen molar-refractivity contribution in [2.24, 2.45) is 5.41 Å². The topological polar surface area (TPSA) is 20.2 Å². The molecule has 0 spiro atoms. The highest BCUT2D eigenvalue weighted by Gasteiger charge is 2.74. The van der Waals surface area contributed by atoms with Gasteiger partial charge in [-0.2, -0.15) is 0 Å². The normalized spacial score (nSPS) is 23.1. The van der Waals surface area contributed by atoms with Gasteiger partial charge in [-0.05, 0) is 41.0 Å². The summed E-state index contributed by atoms with van der Waals surface area (Å²) in [4.78, 5) is 0. The number of fused-ring (bicyclic) bond motifs is 1. The Balaban J connectivity index is 2.04. The molecule has 1 nitrogen and oxygen atoms in total. The predicted molar refractivity (Wildman–Crippen MR) is 136 cm³/mol. The monoisotopic (exact) mass is 484 g/mol. The second-order valence-corrected chi connectivity index (χ2v) is 10.5. The highest BCUT2D eigenvalue weighted by molar-refractivity contribution is 6.51. The average Bonchev–Trinajstić information content (AvgIpc) is 3.40. The van der Waals surface area contributed by atoms with E-state index in [2.05, 4.69) is 0 Å². The minimum atomic E-state index is -1.76. The van der Waals surface area contributed by atoms with Crippen LogP contribution in [0.1, 0.15) is 35.5 Å². The van der Waals surface area contributed by atoms with Crippen molar-refractivity contribution in [1.82, 2.24) is 0 Å². The Morgan fingerprint density at radius 1 is 0.938 bits per heavy atom. The predicted octanol–water partition coefficient (Wildman–Crippen LogP) is 8.29. The molecule has 0 saturated heterocycles. The molecule has 1 aliphatic rings. The molecule has 0 aromatic heterocycles. The third-order valence-electron chi connectivity index (χ3n) is 6.80. The van der Waals surface area contributed by atoms with E-state index in [1.165, 1.54) is 0 Å². The van der Waals surface area contributed by atoms with Crippen LogP contribution in [0.4, 0.5) is 0 Å². The molecule has 5 rings (SSSR count). The molecule has 1 N–H and O–H groups in total. The molecule has 4 aromatic carbocycles. The lowest BCUT2D eigenvalue weighted by atomic mass is 9.71. The van der Waals surface area contributed by atoms with Gasteiger partial charge in [0.1, 0.15) is 9.93 Å². The third-order valence-corrected chi connectivity index (χ3v) is 8.28. The van der Waals surface area contributed by atoms with Gasteiger partial charge in [0.25, 0.3) is 0 Å². The van der Waals surface area contributed by atoms with E-state index in [-0.39, 0.29) is 28.5 Å². The molecule has 0 bridgehead atoms. The molecule has 1 saturated carbocycles. The maximum absolute atomic E-state index is 12.7. The van der Waals surface area contributed by atoms with Crippen LogP contribution in [0.5, 0.6) is 0 Å². The quantitative estimate of drug-likeness (QED) is 0.288. The van der Waals surface area contributed by atoms with E-state index < -0.39 is 21.4 Å². The third kappa shape index (κ3) is 2.96. The standard InChI is InChI=1S/C28H23Cl3O/c1-18-23(19-11-5-3-6-12-19)21-15-9-10-16-22(21)25(29)24(18)28(32,20-13-7-4-8-14-20)26(2)17-27(26,30)31/h3-16,32H,17H2,1-2H3/t26-,28-/m1/s1/i9D,10D,15D,16D. The van der Waals surface area contributed by atoms with E-state index in [1.54, 1.807) is 12.1 Å². The molecule has 0 radical (unpaired) electrons. The zero-order valence-electron chi connectivity index (χ0n) is 21.6. The van der Waals surface area contributed by atoms with Crippen LogP contribution in [0.15, 0.2) is 84.8 Å². The Bertz CT molecular complexity index is 1530. The summed E-state index contributed by atoms with van der Waals surface area (Å²) in [6.07, 6.45) is 0.301. The van der Waals surface area contributed by atoms with Crippen molar-refractivity contribution < 1.29 is 10.6 Å². The fourth-order valence-electron chi connectivity index (χ4n) is 4.87. The number of aliphatic hydroxyl groups is 1. The van der Waals surface area contributed by atoms with Gasteiger partial charge in [-0.1, -0.05) is 103 Å². The summed E-state index contributed by atoms with van der Waals surface area (Å²) in [7, 11) is 0. The smallest absolute Gasteiger partial charge is 0.127 e. The van der Waals surface area contributed by atoms with Gasteiger partial charge in [-0.25, -0.2) is 0 Å². The maximum atomic E-state index is 12.7. The van der Waals surface area contributed by atoms with Gasteiger partial charge in [-0.15, -0.1) is 23.2 Å². The second kappa shape index (κ2) is 7.50. The van der Waals surface area contributed by atoms with Crippen LogP contribution in [0.25, 0.3) is 21.9 Å². The molecule has 162 valence electrons. The van der Waals surface area contributed by atoms with Gasteiger partial charge in [0.15, 0.2) is 0 Å². The number of hydrogen-bond donors (Lipinski definition) is 1. The highest BCUT2D eigenvalue weighted by atomic mass is 35.5. The molecule has 0 unspecified atom stereocenters. The molecular formula is C28H23Cl3O. The maximum Gasteiger partial charge on any atom is 0.127 e. The minimum absolute atomic E-state index is 0.0535. The molecule has 2 atom stereocenters. The van der Waals surface area contributed by atoms with Crippen molar-refractivity contribution in [3.05, 3.63) is 107 Å². The largest absolute Gasteiger partial charge is 0.380 e. The summed E-state index contributed by atoms with van der Waals surface area (Å²) in [6.45, 7) is 3.62. The molecule has 0 heterocycles. The van der Waals surface area contributed by atoms with Crippen molar-refractivity contribution in [3.63, 3.8) is 0 Å². The van der Waals surface area contributed by atoms with E-state index >= 15 is 0 Å². The summed E-state index contributed by atoms with van der Waals surface area (Å²) >= 11 is 20.4. The fourth-order valence-corrected chi connectivity index (χ4v) is 6.10. The number of rotatable bonds is 4. The average molecular weight is 486 g/mol. The lowest BCUT2D eigenvalue weighted by molar-refractivity contribution is 0.00808. The van der Waals surface area contributed by atoms with Crippen LogP contribution in [0, 0.1) is 12.3 Å². The van der Waals surface area contributed by atoms with Crippen LogP contribution in [0.3, 0.4) is 0 Å². The SMILES string of the molecule is [2H]c1c([2H])c([2H])c2c(-c3ccccc3)c(C)c([C@](O)(c3ccccc3)[C@]3(C)CC3(Cl)Cl)c(Cl)c2c1[2H]. The Morgan fingerprint density at radius 3 is 2.03 bits per heavy atom. The highest BCUT2D eigenvalue weighted by Crippen LogP contribution is 2.73. The van der Waals surface area contributed by atoms with Gasteiger partial charge in [0.2, 0.25) is 0 Å². The Morgan fingerprint density at radius 2 is 1.47 bits per heavy atom. The van der Waals surface area contributed by atoms with Gasteiger partial charge in [0, 0.05) is 16.4 Å². The number of halogens is 3. The number of benzene rings is 4. The molecule has 4 aromatic rings. The first kappa shape index (κ1) is 17.4. The Kier molecular flexibility index (Phi) is 4.09. The van der Waals surface area contributed by atoms with Crippen molar-refractivity contribution in [2.45, 2.75) is 30.2 Å². The lowest BCUT2D eigenvalue weighted by Gasteiger charge is -2.39. The first-order valence-corrected chi connectivity index (χ1v) is 11.5. The van der Waals surface area contributed by atoms with Crippen LogP contribution in [-0.2, 0) is 5.60 Å². The zero-order valence-corrected chi connectivity index (χ0v) is 19.8. The molecule has 1 aliphatic carbocycles. The molecule has 1 fully saturated rings. The molecular weight excluding hydrogens is 459 g/mol. The van der Waals surface area contributed by atoms with Gasteiger partial charge < -0.3 is 5.11 Å². The summed E-state index contributed by atoms with van der Waals surface area (Å²) < 4.78 is 32.9. The van der Waals surface area contributed by atoms with E-state index in [0.29, 0.717) is 34.1 Å². The van der Waals surface area contributed by atoms with E-state index in [4.69, 9.17) is 40.3 Å². The van der Waals surface area contributed by atoms with Crippen LogP contribution in [-0.4, -0.2) is 9.44 Å². The van der Waals surface area contributed by atoms with E-state index in [9.17, 15) is 5.11 Å². The molecule has 0 aliphatic heterocycles. The first-order chi connectivity index (χ1) is 16.9. The van der Waals surface area contributed by atoms with Crippen LogP contribution >= 0.6 is 34.8 Å². The van der Waals surface area contributed by atoms with Crippen molar-refractivity contribution in [1.29, 1.82) is 0 Å². The Hall–Kier alpha value is -2.03. The lowest BCUT2D eigenvalue weighted by Crippen LogP contribution is -2.40. The molecule has 32 heavy (non-hydrogen) atoms. The van der Waals surface area contributed by atoms with Gasteiger partial charge >= 0.3 is 0 Å². The van der Waals surface area contributed by atoms with Crippen LogP contribution < -0.4 is 0 Å². The first-order valence-electron chi connectivity index (χ1n) is 12.3. The second-order valence-electron chi connectivity index (χ2n) is 8.59. The fraction of sp³-hybridized carbons (Fsp3) is 0.214. The van der Waals surface area contributed by atoms with Gasteiger partial charge in [-0.3, -0.25) is 0 Å². The summed E-state index contributed by atoms with van der Waals surface area (Å²) in [5.41, 5.74) is -0.00373. The zero-order chi connectivity index (χ0) is 26.2. The summed E-state index contributed by atoms with van der Waals surface area (Å²) in [5, 5.41) is 13.2. The molecule has 4 heteroatoms. The number of alkyl halides is 2. The van der Waals surface area contributed by atoms with Crippen molar-refractivity contribution in [3.8, 4) is 11.1 Å². The van der Waals surface area contributed by atoms with Crippen molar-refractivity contribution in [2.75, 3.05) is 0 Å².